The van der Waals surface area contributed by atoms with Crippen LogP contribution >= 0.6 is 0 Å². The molecule has 0 saturated carbocycles. The zero-order valence-corrected chi connectivity index (χ0v) is 7.15. The van der Waals surface area contributed by atoms with Gasteiger partial charge in [0.2, 0.25) is 0 Å². The van der Waals surface area contributed by atoms with Crippen molar-refractivity contribution in [3.63, 3.8) is 0 Å². The Bertz CT molecular complexity index is 397. The van der Waals surface area contributed by atoms with Crippen LogP contribution in [0.5, 0.6) is 0 Å². The first-order chi connectivity index (χ1) is 6.45. The molecule has 1 rings (SSSR count). The molecule has 0 bridgehead atoms. The second-order valence-corrected chi connectivity index (χ2v) is 2.61. The van der Waals surface area contributed by atoms with Crippen molar-refractivity contribution >= 4 is 18.3 Å². The predicted molar refractivity (Wildman–Crippen MR) is 46.5 cm³/mol. The second-order valence-electron chi connectivity index (χ2n) is 2.61. The van der Waals surface area contributed by atoms with Crippen LogP contribution in [0.3, 0.4) is 0 Å². The molecule has 0 saturated heterocycles. The van der Waals surface area contributed by atoms with E-state index in [2.05, 4.69) is 15.0 Å². The Morgan fingerprint density at radius 3 is 2.50 bits per heavy atom. The first kappa shape index (κ1) is 10.4. The van der Waals surface area contributed by atoms with Gasteiger partial charge < -0.3 is 12.9 Å². The van der Waals surface area contributed by atoms with Gasteiger partial charge in [0.25, 0.3) is 0 Å². The summed E-state index contributed by atoms with van der Waals surface area (Å²) in [4.78, 5) is 5.93. The van der Waals surface area contributed by atoms with E-state index in [0.717, 1.165) is 12.1 Å². The molecule has 0 spiro atoms. The Hall–Kier alpha value is -1.69. The van der Waals surface area contributed by atoms with E-state index in [4.69, 9.17) is 5.53 Å². The molecular weight excluding hydrogens is 196 g/mol. The van der Waals surface area contributed by atoms with Gasteiger partial charge in [-0.3, -0.25) is 4.98 Å². The summed E-state index contributed by atoms with van der Waals surface area (Å²) < 4.78 is 36.9. The van der Waals surface area contributed by atoms with Crippen LogP contribution in [0.1, 0.15) is 5.69 Å². The van der Waals surface area contributed by atoms with E-state index < -0.39 is 12.4 Å². The Labute approximate surface area is 77.5 Å². The van der Waals surface area contributed by atoms with Gasteiger partial charge in [0.15, 0.2) is 0 Å². The van der Waals surface area contributed by atoms with Gasteiger partial charge in [0.1, 0.15) is 5.82 Å². The lowest BCUT2D eigenvalue weighted by atomic mass is 9.79. The summed E-state index contributed by atoms with van der Waals surface area (Å²) in [7, 11) is 0. The maximum Gasteiger partial charge on any atom is 0.511 e. The summed E-state index contributed by atoms with van der Waals surface area (Å²) in [5, 5.41) is 3.10. The van der Waals surface area contributed by atoms with E-state index in [1.165, 1.54) is 6.92 Å². The van der Waals surface area contributed by atoms with Crippen molar-refractivity contribution in [3.05, 3.63) is 28.3 Å². The van der Waals surface area contributed by atoms with E-state index in [9.17, 15) is 12.9 Å². The lowest BCUT2D eigenvalue weighted by Crippen LogP contribution is -2.36. The molecule has 14 heavy (non-hydrogen) atoms. The van der Waals surface area contributed by atoms with Crippen molar-refractivity contribution in [2.75, 3.05) is 0 Å². The lowest BCUT2D eigenvalue weighted by molar-refractivity contribution is 0.500. The van der Waals surface area contributed by atoms with Crippen molar-refractivity contribution in [1.29, 1.82) is 0 Å². The van der Waals surface area contributed by atoms with Crippen LogP contribution in [0.4, 0.5) is 18.8 Å². The summed E-state index contributed by atoms with van der Waals surface area (Å²) in [6.07, 6.45) is 0. The zero-order chi connectivity index (χ0) is 10.8. The van der Waals surface area contributed by atoms with Crippen LogP contribution in [0, 0.1) is 6.92 Å². The highest BCUT2D eigenvalue weighted by Crippen LogP contribution is 2.14. The van der Waals surface area contributed by atoms with Crippen LogP contribution in [0.15, 0.2) is 17.2 Å². The van der Waals surface area contributed by atoms with E-state index in [0.29, 0.717) is 0 Å². The fourth-order valence-corrected chi connectivity index (χ4v) is 1.01. The number of halogens is 3. The monoisotopic (exact) mass is 201 g/mol. The van der Waals surface area contributed by atoms with Gasteiger partial charge in [-0.05, 0) is 23.6 Å². The van der Waals surface area contributed by atoms with E-state index >= 15 is 0 Å². The molecule has 0 atom stereocenters. The number of hydrogen-bond donors (Lipinski definition) is 0. The largest absolute Gasteiger partial charge is 0.511 e. The lowest BCUT2D eigenvalue weighted by Gasteiger charge is -2.16. The Morgan fingerprint density at radius 1 is 1.43 bits per heavy atom. The van der Waals surface area contributed by atoms with E-state index in [-0.39, 0.29) is 11.5 Å². The maximum atomic E-state index is 12.3. The quantitative estimate of drug-likeness (QED) is 0.313. The first-order valence-electron chi connectivity index (χ1n) is 3.67. The van der Waals surface area contributed by atoms with Crippen molar-refractivity contribution in [2.24, 2.45) is 5.11 Å². The maximum absolute atomic E-state index is 12.3. The molecule has 0 aromatic carbocycles. The minimum atomic E-state index is -5.05. The van der Waals surface area contributed by atoms with Gasteiger partial charge in [-0.2, -0.15) is 0 Å². The molecular formula is C6H5BF3N4-. The van der Waals surface area contributed by atoms with Crippen molar-refractivity contribution < 1.29 is 12.9 Å². The number of rotatable bonds is 2. The summed E-state index contributed by atoms with van der Waals surface area (Å²) >= 11 is 0. The highest BCUT2D eigenvalue weighted by molar-refractivity contribution is 6.73. The first-order valence-corrected chi connectivity index (χ1v) is 3.67. The summed E-state index contributed by atoms with van der Waals surface area (Å²) in [6, 6.07) is 1.91. The summed E-state index contributed by atoms with van der Waals surface area (Å²) in [6.45, 7) is -3.83. The fourth-order valence-electron chi connectivity index (χ4n) is 1.01. The molecule has 0 aliphatic carbocycles. The summed E-state index contributed by atoms with van der Waals surface area (Å²) in [5.74, 6) is -0.0613. The van der Waals surface area contributed by atoms with Crippen molar-refractivity contribution in [1.82, 2.24) is 4.98 Å². The molecule has 1 heterocycles. The Kier molecular flexibility index (Phi) is 2.67. The average Bonchev–Trinajstić information content (AvgIpc) is 2.02. The third kappa shape index (κ3) is 2.17. The zero-order valence-electron chi connectivity index (χ0n) is 7.15. The van der Waals surface area contributed by atoms with Gasteiger partial charge in [-0.1, -0.05) is 11.5 Å². The van der Waals surface area contributed by atoms with Gasteiger partial charge in [-0.15, -0.1) is 0 Å². The Morgan fingerprint density at radius 2 is 2.07 bits per heavy atom. The molecule has 0 aliphatic heterocycles. The number of nitrogens with zero attached hydrogens (tertiary/aromatic N) is 4. The van der Waals surface area contributed by atoms with Crippen molar-refractivity contribution in [3.8, 4) is 0 Å². The molecule has 0 fully saturated rings. The van der Waals surface area contributed by atoms with Crippen LogP contribution in [-0.4, -0.2) is 12.0 Å². The predicted octanol–water partition coefficient (Wildman–Crippen LogP) is 2.39. The third-order valence-electron chi connectivity index (χ3n) is 1.61. The van der Waals surface area contributed by atoms with Crippen LogP contribution in [0.25, 0.3) is 10.4 Å². The second kappa shape index (κ2) is 3.59. The van der Waals surface area contributed by atoms with Crippen LogP contribution in [0.2, 0.25) is 0 Å². The molecule has 0 N–H and O–H groups in total. The SMILES string of the molecule is Cc1nc(N=[N+]=[N-])ccc1[B-](F)(F)F. The molecule has 1 aromatic rings. The van der Waals surface area contributed by atoms with Gasteiger partial charge in [-0.25, -0.2) is 0 Å². The molecule has 1 aromatic heterocycles. The standard InChI is InChI=1S/C6H5BF3N4/c1-4-5(7(8,9)10)2-3-6(12-4)13-14-11/h2-3H,1H3/q-1. The molecule has 0 aliphatic rings. The van der Waals surface area contributed by atoms with E-state index in [1.807, 2.05) is 0 Å². The number of azide groups is 1. The minimum Gasteiger partial charge on any atom is -0.445 e. The molecule has 0 radical (unpaired) electrons. The molecule has 4 nitrogen and oxygen atoms in total. The average molecular weight is 201 g/mol. The van der Waals surface area contributed by atoms with Gasteiger partial charge in [0, 0.05) is 10.6 Å². The molecule has 74 valence electrons. The van der Waals surface area contributed by atoms with Crippen LogP contribution < -0.4 is 5.46 Å². The number of aromatic nitrogens is 1. The number of aryl methyl sites for hydroxylation is 1. The minimum absolute atomic E-state index is 0.0613. The molecule has 8 heteroatoms. The fraction of sp³-hybridized carbons (Fsp3) is 0.167. The van der Waals surface area contributed by atoms with Gasteiger partial charge >= 0.3 is 6.98 Å². The van der Waals surface area contributed by atoms with E-state index in [1.54, 1.807) is 0 Å². The van der Waals surface area contributed by atoms with Crippen molar-refractivity contribution in [2.45, 2.75) is 6.92 Å². The number of hydrogen-bond acceptors (Lipinski definition) is 2. The van der Waals surface area contributed by atoms with Gasteiger partial charge in [0.05, 0.1) is 0 Å². The number of pyridine rings is 1. The smallest absolute Gasteiger partial charge is 0.445 e. The highest BCUT2D eigenvalue weighted by Gasteiger charge is 2.27. The molecule has 0 amide bonds. The molecule has 0 unspecified atom stereocenters. The summed E-state index contributed by atoms with van der Waals surface area (Å²) in [5.41, 5.74) is 7.10. The normalized spacial score (nSPS) is 10.9. The highest BCUT2D eigenvalue weighted by atomic mass is 19.4. The Balaban J connectivity index is 3.20. The third-order valence-corrected chi connectivity index (χ3v) is 1.61. The topological polar surface area (TPSA) is 61.7 Å². The van der Waals surface area contributed by atoms with Crippen LogP contribution in [-0.2, 0) is 0 Å².